The van der Waals surface area contributed by atoms with Gasteiger partial charge in [0.25, 0.3) is 0 Å². The molecular formula is C18H18BrN3O. The molecule has 4 rings (SSSR count). The van der Waals surface area contributed by atoms with E-state index in [9.17, 15) is 0 Å². The molecule has 23 heavy (non-hydrogen) atoms. The summed E-state index contributed by atoms with van der Waals surface area (Å²) in [7, 11) is 1.70. The predicted octanol–water partition coefficient (Wildman–Crippen LogP) is -0.445. The van der Waals surface area contributed by atoms with Crippen molar-refractivity contribution >= 4 is 16.7 Å². The Hall–Kier alpha value is -2.14. The van der Waals surface area contributed by atoms with Crippen LogP contribution in [0.4, 0.5) is 5.82 Å². The number of ether oxygens (including phenoxy) is 1. The van der Waals surface area contributed by atoms with E-state index in [1.54, 1.807) is 7.11 Å². The van der Waals surface area contributed by atoms with Crippen LogP contribution < -0.4 is 31.2 Å². The van der Waals surface area contributed by atoms with E-state index in [-0.39, 0.29) is 17.0 Å². The Labute approximate surface area is 146 Å². The first-order valence-electron chi connectivity index (χ1n) is 7.50. The molecule has 0 atom stereocenters. The Balaban J connectivity index is 0.00000156. The summed E-state index contributed by atoms with van der Waals surface area (Å²) in [6.45, 7) is 2.91. The van der Waals surface area contributed by atoms with Crippen molar-refractivity contribution in [2.75, 3.05) is 18.6 Å². The Kier molecular flexibility index (Phi) is 4.48. The first-order chi connectivity index (χ1) is 10.8. The second kappa shape index (κ2) is 6.54. The van der Waals surface area contributed by atoms with Crippen molar-refractivity contribution in [3.63, 3.8) is 0 Å². The summed E-state index contributed by atoms with van der Waals surface area (Å²) in [5, 5.41) is 1.22. The number of rotatable bonds is 3. The van der Waals surface area contributed by atoms with Gasteiger partial charge in [-0.1, -0.05) is 24.3 Å². The third-order valence-electron chi connectivity index (χ3n) is 4.20. The van der Waals surface area contributed by atoms with Crippen molar-refractivity contribution in [1.29, 1.82) is 0 Å². The van der Waals surface area contributed by atoms with E-state index in [1.165, 1.54) is 16.8 Å². The molecule has 0 bridgehead atoms. The summed E-state index contributed by atoms with van der Waals surface area (Å²) < 4.78 is 7.47. The molecule has 2 aromatic carbocycles. The maximum absolute atomic E-state index is 5.23. The van der Waals surface area contributed by atoms with E-state index in [4.69, 9.17) is 4.74 Å². The summed E-state index contributed by atoms with van der Waals surface area (Å²) in [5.41, 5.74) is 2.34. The molecule has 5 heteroatoms. The third-order valence-corrected chi connectivity index (χ3v) is 4.20. The van der Waals surface area contributed by atoms with Gasteiger partial charge in [-0.2, -0.15) is 0 Å². The van der Waals surface area contributed by atoms with Gasteiger partial charge in [-0.25, -0.2) is 4.57 Å². The lowest BCUT2D eigenvalue weighted by molar-refractivity contribution is -0.672. The minimum atomic E-state index is 0. The molecule has 0 radical (unpaired) electrons. The molecule has 1 aromatic heterocycles. The fraction of sp³-hybridized carbons (Fsp3) is 0.222. The molecule has 4 nitrogen and oxygen atoms in total. The van der Waals surface area contributed by atoms with Crippen molar-refractivity contribution < 1.29 is 26.3 Å². The maximum atomic E-state index is 5.23. The Morgan fingerprint density at radius 2 is 1.91 bits per heavy atom. The molecule has 0 unspecified atom stereocenters. The number of hydrogen-bond acceptors (Lipinski definition) is 3. The van der Waals surface area contributed by atoms with Crippen molar-refractivity contribution in [1.82, 2.24) is 4.98 Å². The molecule has 3 aromatic rings. The van der Waals surface area contributed by atoms with Crippen molar-refractivity contribution in [2.45, 2.75) is 13.1 Å². The lowest BCUT2D eigenvalue weighted by Crippen LogP contribution is -3.00. The van der Waals surface area contributed by atoms with Crippen molar-refractivity contribution in [3.8, 4) is 5.75 Å². The van der Waals surface area contributed by atoms with Crippen LogP contribution in [0.5, 0.6) is 5.75 Å². The van der Waals surface area contributed by atoms with Gasteiger partial charge in [-0.15, -0.1) is 4.98 Å². The van der Waals surface area contributed by atoms with Gasteiger partial charge in [-0.3, -0.25) is 4.90 Å². The van der Waals surface area contributed by atoms with Crippen LogP contribution in [-0.4, -0.2) is 18.6 Å². The third kappa shape index (κ3) is 2.88. The Morgan fingerprint density at radius 3 is 2.70 bits per heavy atom. The van der Waals surface area contributed by atoms with E-state index >= 15 is 0 Å². The quantitative estimate of drug-likeness (QED) is 0.584. The molecule has 2 heterocycles. The zero-order valence-electron chi connectivity index (χ0n) is 12.9. The van der Waals surface area contributed by atoms with Gasteiger partial charge in [0, 0.05) is 0 Å². The van der Waals surface area contributed by atoms with E-state index in [0.717, 1.165) is 30.9 Å². The second-order valence-corrected chi connectivity index (χ2v) is 5.55. The molecule has 0 aliphatic carbocycles. The topological polar surface area (TPSA) is 29.2 Å². The van der Waals surface area contributed by atoms with Crippen LogP contribution >= 0.6 is 0 Å². The summed E-state index contributed by atoms with van der Waals surface area (Å²) in [4.78, 5) is 6.96. The van der Waals surface area contributed by atoms with E-state index in [2.05, 4.69) is 44.8 Å². The fourth-order valence-electron chi connectivity index (χ4n) is 3.07. The number of aromatic nitrogens is 2. The molecule has 0 saturated heterocycles. The largest absolute Gasteiger partial charge is 1.00 e. The lowest BCUT2D eigenvalue weighted by atomic mass is 10.2. The molecule has 0 spiro atoms. The molecular weight excluding hydrogens is 354 g/mol. The summed E-state index contributed by atoms with van der Waals surface area (Å²) in [5.74, 6) is 2.16. The highest BCUT2D eigenvalue weighted by Gasteiger charge is 2.28. The highest BCUT2D eigenvalue weighted by molar-refractivity contribution is 5.87. The van der Waals surface area contributed by atoms with Crippen LogP contribution in [0.1, 0.15) is 5.56 Å². The first-order valence-corrected chi connectivity index (χ1v) is 7.50. The van der Waals surface area contributed by atoms with Gasteiger partial charge in [0.1, 0.15) is 12.3 Å². The zero-order valence-corrected chi connectivity index (χ0v) is 14.5. The smallest absolute Gasteiger partial charge is 0.235 e. The molecule has 0 fully saturated rings. The number of anilines is 1. The Bertz CT molecular complexity index is 820. The maximum Gasteiger partial charge on any atom is 0.235 e. The van der Waals surface area contributed by atoms with Crippen LogP contribution in [0, 0.1) is 0 Å². The molecule has 0 amide bonds. The SMILES string of the molecule is COc1ccc(CN2CC[n+]3cnc4ccccc4c32)cc1.[Br-]. The molecule has 0 N–H and O–H groups in total. The van der Waals surface area contributed by atoms with Gasteiger partial charge >= 0.3 is 0 Å². The molecule has 0 saturated carbocycles. The number of para-hydroxylation sites is 1. The van der Waals surface area contributed by atoms with Crippen LogP contribution in [-0.2, 0) is 13.1 Å². The number of benzene rings is 2. The lowest BCUT2D eigenvalue weighted by Gasteiger charge is -2.14. The summed E-state index contributed by atoms with van der Waals surface area (Å²) >= 11 is 0. The van der Waals surface area contributed by atoms with Gasteiger partial charge in [0.2, 0.25) is 12.1 Å². The Morgan fingerprint density at radius 1 is 1.13 bits per heavy atom. The van der Waals surface area contributed by atoms with Crippen molar-refractivity contribution in [2.24, 2.45) is 0 Å². The van der Waals surface area contributed by atoms with E-state index < -0.39 is 0 Å². The zero-order chi connectivity index (χ0) is 14.9. The van der Waals surface area contributed by atoms with Gasteiger partial charge < -0.3 is 21.7 Å². The van der Waals surface area contributed by atoms with Crippen LogP contribution in [0.2, 0.25) is 0 Å². The van der Waals surface area contributed by atoms with Crippen LogP contribution in [0.15, 0.2) is 54.9 Å². The number of methoxy groups -OCH3 is 1. The molecule has 1 aliphatic rings. The minimum absolute atomic E-state index is 0. The van der Waals surface area contributed by atoms with E-state index in [0.29, 0.717) is 0 Å². The normalized spacial score (nSPS) is 12.8. The molecule has 118 valence electrons. The number of nitrogens with zero attached hydrogens (tertiary/aromatic N) is 3. The van der Waals surface area contributed by atoms with Crippen LogP contribution in [0.25, 0.3) is 10.9 Å². The standard InChI is InChI=1S/C18H18N3O.BrH/c1-22-15-8-6-14(7-9-15)12-20-10-11-21-13-19-17-5-3-2-4-16(17)18(20)21;/h2-9,13H,10-12H2,1H3;1H/q+1;/p-1. The highest BCUT2D eigenvalue weighted by Crippen LogP contribution is 2.26. The average molecular weight is 372 g/mol. The monoisotopic (exact) mass is 371 g/mol. The average Bonchev–Trinajstić information content (AvgIpc) is 2.99. The van der Waals surface area contributed by atoms with Crippen molar-refractivity contribution in [3.05, 3.63) is 60.4 Å². The summed E-state index contributed by atoms with van der Waals surface area (Å²) in [6, 6.07) is 16.6. The fourth-order valence-corrected chi connectivity index (χ4v) is 3.07. The predicted molar refractivity (Wildman–Crippen MR) is 86.0 cm³/mol. The second-order valence-electron chi connectivity index (χ2n) is 5.55. The molecule has 1 aliphatic heterocycles. The minimum Gasteiger partial charge on any atom is -1.00 e. The first kappa shape index (κ1) is 15.7. The van der Waals surface area contributed by atoms with Gasteiger partial charge in [-0.05, 0) is 29.8 Å². The summed E-state index contributed by atoms with van der Waals surface area (Å²) in [6.07, 6.45) is 1.95. The van der Waals surface area contributed by atoms with Gasteiger partial charge in [0.15, 0.2) is 5.52 Å². The number of fused-ring (bicyclic) bond motifs is 3. The highest BCUT2D eigenvalue weighted by atomic mass is 79.9. The van der Waals surface area contributed by atoms with E-state index in [1.807, 2.05) is 24.5 Å². The van der Waals surface area contributed by atoms with Crippen LogP contribution in [0.3, 0.4) is 0 Å². The number of hydrogen-bond donors (Lipinski definition) is 0. The number of halogens is 1. The van der Waals surface area contributed by atoms with Gasteiger partial charge in [0.05, 0.1) is 25.6 Å².